The monoisotopic (exact) mass is 438 g/mol. The average Bonchev–Trinajstić information content (AvgIpc) is 3.04. The lowest BCUT2D eigenvalue weighted by atomic mass is 9.98. The Bertz CT molecular complexity index is 868. The molecule has 0 saturated carbocycles. The third-order valence-corrected chi connectivity index (χ3v) is 7.08. The molecule has 166 valence electrons. The van der Waals surface area contributed by atoms with Gasteiger partial charge in [0.15, 0.2) is 0 Å². The molecule has 1 aromatic carbocycles. The first-order valence-electron chi connectivity index (χ1n) is 10.3. The van der Waals surface area contributed by atoms with Crippen molar-refractivity contribution in [2.24, 2.45) is 5.92 Å². The van der Waals surface area contributed by atoms with Gasteiger partial charge in [-0.1, -0.05) is 0 Å². The predicted octanol–water partition coefficient (Wildman–Crippen LogP) is 3.03. The molecular weight excluding hydrogens is 408 g/mol. The van der Waals surface area contributed by atoms with Crippen LogP contribution in [-0.2, 0) is 19.5 Å². The Kier molecular flexibility index (Phi) is 6.59. The summed E-state index contributed by atoms with van der Waals surface area (Å²) in [6, 6.07) is 6.46. The maximum absolute atomic E-state index is 12.3. The number of rotatable bonds is 4. The average molecular weight is 439 g/mol. The Balaban J connectivity index is 1.46. The number of anilines is 1. The molecule has 3 rings (SSSR count). The minimum Gasteiger partial charge on any atom is -0.462 e. The highest BCUT2D eigenvalue weighted by molar-refractivity contribution is 7.93. The van der Waals surface area contributed by atoms with Crippen LogP contribution in [0.5, 0.6) is 0 Å². The van der Waals surface area contributed by atoms with Gasteiger partial charge in [0.2, 0.25) is 10.0 Å². The van der Waals surface area contributed by atoms with Gasteiger partial charge in [-0.15, -0.1) is 0 Å². The molecule has 0 aliphatic carbocycles. The van der Waals surface area contributed by atoms with Gasteiger partial charge in [-0.25, -0.2) is 18.0 Å². The molecule has 2 aliphatic heterocycles. The van der Waals surface area contributed by atoms with Gasteiger partial charge in [0.1, 0.15) is 5.60 Å². The molecule has 0 bridgehead atoms. The van der Waals surface area contributed by atoms with Crippen molar-refractivity contribution in [3.05, 3.63) is 29.8 Å². The summed E-state index contributed by atoms with van der Waals surface area (Å²) >= 11 is 0. The van der Waals surface area contributed by atoms with E-state index in [1.54, 1.807) is 29.2 Å². The number of hydrogen-bond donors (Lipinski definition) is 0. The minimum absolute atomic E-state index is 0.156. The van der Waals surface area contributed by atoms with Gasteiger partial charge in [-0.2, -0.15) is 0 Å². The highest BCUT2D eigenvalue weighted by atomic mass is 32.2. The first-order valence-corrected chi connectivity index (χ1v) is 11.9. The van der Waals surface area contributed by atoms with Crippen LogP contribution in [0.4, 0.5) is 10.5 Å². The first kappa shape index (κ1) is 22.4. The van der Waals surface area contributed by atoms with Crippen LogP contribution in [0.1, 0.15) is 50.4 Å². The summed E-state index contributed by atoms with van der Waals surface area (Å²) in [5, 5.41) is 0. The number of benzene rings is 1. The number of esters is 1. The summed E-state index contributed by atoms with van der Waals surface area (Å²) in [5.41, 5.74) is 0.443. The highest BCUT2D eigenvalue weighted by Gasteiger charge is 2.29. The maximum Gasteiger partial charge on any atom is 0.410 e. The largest absolute Gasteiger partial charge is 0.462 e. The van der Waals surface area contributed by atoms with Crippen LogP contribution < -0.4 is 4.31 Å². The number of nitrogens with zero attached hydrogens (tertiary/aromatic N) is 2. The molecule has 2 aliphatic rings. The van der Waals surface area contributed by atoms with Crippen molar-refractivity contribution in [2.45, 2.75) is 45.6 Å². The summed E-state index contributed by atoms with van der Waals surface area (Å²) in [6.45, 7) is 7.44. The molecule has 9 heteroatoms. The second-order valence-corrected chi connectivity index (χ2v) is 10.8. The van der Waals surface area contributed by atoms with Crippen LogP contribution >= 0.6 is 0 Å². The van der Waals surface area contributed by atoms with E-state index in [0.29, 0.717) is 43.9 Å². The van der Waals surface area contributed by atoms with Crippen molar-refractivity contribution < 1.29 is 27.5 Å². The lowest BCUT2D eigenvalue weighted by Gasteiger charge is -2.33. The van der Waals surface area contributed by atoms with Gasteiger partial charge in [0.05, 0.1) is 23.6 Å². The van der Waals surface area contributed by atoms with Crippen molar-refractivity contribution in [1.29, 1.82) is 0 Å². The van der Waals surface area contributed by atoms with E-state index < -0.39 is 21.6 Å². The fourth-order valence-electron chi connectivity index (χ4n) is 3.58. The summed E-state index contributed by atoms with van der Waals surface area (Å²) in [6.07, 6.45) is 1.80. The second-order valence-electron chi connectivity index (χ2n) is 8.80. The van der Waals surface area contributed by atoms with Gasteiger partial charge in [0, 0.05) is 19.6 Å². The Morgan fingerprint density at radius 3 is 2.23 bits per heavy atom. The fraction of sp³-hybridized carbons (Fsp3) is 0.619. The Labute approximate surface area is 178 Å². The molecule has 0 atom stereocenters. The van der Waals surface area contributed by atoms with E-state index in [-0.39, 0.29) is 17.8 Å². The number of sulfonamides is 1. The zero-order valence-electron chi connectivity index (χ0n) is 17.8. The molecule has 30 heavy (non-hydrogen) atoms. The zero-order valence-corrected chi connectivity index (χ0v) is 18.6. The van der Waals surface area contributed by atoms with E-state index in [9.17, 15) is 18.0 Å². The van der Waals surface area contributed by atoms with Crippen molar-refractivity contribution in [3.63, 3.8) is 0 Å². The molecule has 0 N–H and O–H groups in total. The molecule has 8 nitrogen and oxygen atoms in total. The fourth-order valence-corrected chi connectivity index (χ4v) is 5.14. The van der Waals surface area contributed by atoms with E-state index in [4.69, 9.17) is 9.47 Å². The van der Waals surface area contributed by atoms with Crippen molar-refractivity contribution >= 4 is 27.8 Å². The van der Waals surface area contributed by atoms with Gasteiger partial charge in [0.25, 0.3) is 0 Å². The van der Waals surface area contributed by atoms with Crippen molar-refractivity contribution in [3.8, 4) is 0 Å². The molecule has 2 fully saturated rings. The third kappa shape index (κ3) is 5.65. The standard InChI is InChI=1S/C21H30N2O6S/c1-21(2,3)29-20(25)22-12-9-16(10-13-22)15-28-19(24)17-5-7-18(8-6-17)23-11-4-14-30(23,26)27/h5-8,16H,4,9-15H2,1-3H3. The number of amides is 1. The number of carbonyl (C=O) groups is 2. The predicted molar refractivity (Wildman–Crippen MR) is 113 cm³/mol. The minimum atomic E-state index is -3.24. The maximum atomic E-state index is 12.3. The van der Waals surface area contributed by atoms with Crippen LogP contribution in [0.25, 0.3) is 0 Å². The molecule has 2 heterocycles. The van der Waals surface area contributed by atoms with Crippen molar-refractivity contribution in [2.75, 3.05) is 36.3 Å². The van der Waals surface area contributed by atoms with Crippen LogP contribution in [0.15, 0.2) is 24.3 Å². The molecule has 0 unspecified atom stereocenters. The number of ether oxygens (including phenoxy) is 2. The second kappa shape index (κ2) is 8.83. The van der Waals surface area contributed by atoms with Gasteiger partial charge >= 0.3 is 12.1 Å². The molecule has 0 spiro atoms. The quantitative estimate of drug-likeness (QED) is 0.671. The normalized spacial score (nSPS) is 19.6. The first-order chi connectivity index (χ1) is 14.0. The molecule has 0 aromatic heterocycles. The van der Waals surface area contributed by atoms with Gasteiger partial charge < -0.3 is 14.4 Å². The van der Waals surface area contributed by atoms with E-state index in [2.05, 4.69) is 0 Å². The lowest BCUT2D eigenvalue weighted by Crippen LogP contribution is -2.42. The lowest BCUT2D eigenvalue weighted by molar-refractivity contribution is 0.0115. The Morgan fingerprint density at radius 2 is 1.70 bits per heavy atom. The Morgan fingerprint density at radius 1 is 1.07 bits per heavy atom. The molecule has 2 saturated heterocycles. The van der Waals surface area contributed by atoms with E-state index in [1.165, 1.54) is 4.31 Å². The summed E-state index contributed by atoms with van der Waals surface area (Å²) < 4.78 is 36.2. The molecule has 1 aromatic rings. The summed E-state index contributed by atoms with van der Waals surface area (Å²) in [7, 11) is -3.24. The highest BCUT2D eigenvalue weighted by Crippen LogP contribution is 2.25. The summed E-state index contributed by atoms with van der Waals surface area (Å²) in [4.78, 5) is 26.1. The number of likely N-dealkylation sites (tertiary alicyclic amines) is 1. The van der Waals surface area contributed by atoms with E-state index in [0.717, 1.165) is 12.8 Å². The number of hydrogen-bond acceptors (Lipinski definition) is 6. The number of carbonyl (C=O) groups excluding carboxylic acids is 2. The molecule has 0 radical (unpaired) electrons. The topological polar surface area (TPSA) is 93.2 Å². The van der Waals surface area contributed by atoms with Crippen LogP contribution in [0.3, 0.4) is 0 Å². The van der Waals surface area contributed by atoms with Crippen LogP contribution in [-0.4, -0.2) is 63.0 Å². The zero-order chi connectivity index (χ0) is 21.9. The molecule has 1 amide bonds. The summed E-state index contributed by atoms with van der Waals surface area (Å²) in [5.74, 6) is -0.0779. The van der Waals surface area contributed by atoms with Crippen molar-refractivity contribution in [1.82, 2.24) is 4.90 Å². The molecular formula is C21H30N2O6S. The van der Waals surface area contributed by atoms with Crippen LogP contribution in [0.2, 0.25) is 0 Å². The van der Waals surface area contributed by atoms with E-state index >= 15 is 0 Å². The van der Waals surface area contributed by atoms with Gasteiger partial charge in [-0.05, 0) is 70.2 Å². The van der Waals surface area contributed by atoms with Crippen LogP contribution in [0, 0.1) is 5.92 Å². The number of piperidine rings is 1. The van der Waals surface area contributed by atoms with Gasteiger partial charge in [-0.3, -0.25) is 4.31 Å². The SMILES string of the molecule is CC(C)(C)OC(=O)N1CCC(COC(=O)c2ccc(N3CCCS3(=O)=O)cc2)CC1. The van der Waals surface area contributed by atoms with E-state index in [1.807, 2.05) is 20.8 Å². The third-order valence-electron chi connectivity index (χ3n) is 5.21. The Hall–Kier alpha value is -2.29. The smallest absolute Gasteiger partial charge is 0.410 e.